The minimum absolute atomic E-state index is 0.233. The smallest absolute Gasteiger partial charge is 0.225 e. The van der Waals surface area contributed by atoms with Crippen LogP contribution in [0.2, 0.25) is 0 Å². The number of rotatable bonds is 7. The van der Waals surface area contributed by atoms with Crippen molar-refractivity contribution in [3.8, 4) is 10.6 Å². The molecular weight excluding hydrogens is 456 g/mol. The number of nitrogens with one attached hydrogen (secondary N) is 2. The second-order valence-corrected chi connectivity index (χ2v) is 10.8. The van der Waals surface area contributed by atoms with Crippen molar-refractivity contribution >= 4 is 28.9 Å². The summed E-state index contributed by atoms with van der Waals surface area (Å²) in [6.45, 7) is 5.83. The van der Waals surface area contributed by atoms with Gasteiger partial charge in [-0.05, 0) is 94.3 Å². The maximum Gasteiger partial charge on any atom is 0.225 e. The lowest BCUT2D eigenvalue weighted by atomic mass is 9.90. The van der Waals surface area contributed by atoms with Crippen LogP contribution in [0, 0.1) is 18.8 Å². The van der Waals surface area contributed by atoms with Crippen molar-refractivity contribution in [2.45, 2.75) is 45.4 Å². The van der Waals surface area contributed by atoms with Gasteiger partial charge in [0.2, 0.25) is 5.91 Å². The SMILES string of the molecule is Cc1ccnc(Nc2cccc(-c3cnc(CCC4CCN(C(=O)C5CCNCC5)CC4)s3)n2)c1. The average Bonchev–Trinajstić information content (AvgIpc) is 3.37. The summed E-state index contributed by atoms with van der Waals surface area (Å²) in [5.74, 6) is 2.87. The first-order valence-corrected chi connectivity index (χ1v) is 13.6. The number of hydrogen-bond donors (Lipinski definition) is 2. The first kappa shape index (κ1) is 23.9. The van der Waals surface area contributed by atoms with E-state index in [0.717, 1.165) is 97.5 Å². The summed E-state index contributed by atoms with van der Waals surface area (Å²) in [5, 5.41) is 7.81. The van der Waals surface area contributed by atoms with Crippen LogP contribution in [0.4, 0.5) is 11.6 Å². The molecule has 184 valence electrons. The average molecular weight is 491 g/mol. The Morgan fingerprint density at radius 3 is 2.74 bits per heavy atom. The van der Waals surface area contributed by atoms with Crippen molar-refractivity contribution in [3.05, 3.63) is 53.3 Å². The molecule has 0 saturated carbocycles. The molecule has 35 heavy (non-hydrogen) atoms. The summed E-state index contributed by atoms with van der Waals surface area (Å²) in [6, 6.07) is 9.98. The summed E-state index contributed by atoms with van der Waals surface area (Å²) in [7, 11) is 0. The van der Waals surface area contributed by atoms with Gasteiger partial charge < -0.3 is 15.5 Å². The molecule has 8 heteroatoms. The number of aryl methyl sites for hydroxylation is 2. The molecule has 0 radical (unpaired) electrons. The molecule has 0 bridgehead atoms. The number of hydrogen-bond acceptors (Lipinski definition) is 7. The largest absolute Gasteiger partial charge is 0.342 e. The van der Waals surface area contributed by atoms with Crippen molar-refractivity contribution in [2.24, 2.45) is 11.8 Å². The van der Waals surface area contributed by atoms with Gasteiger partial charge in [-0.2, -0.15) is 0 Å². The fourth-order valence-electron chi connectivity index (χ4n) is 5.02. The highest BCUT2D eigenvalue weighted by molar-refractivity contribution is 7.15. The first-order valence-electron chi connectivity index (χ1n) is 12.8. The van der Waals surface area contributed by atoms with E-state index in [1.165, 1.54) is 0 Å². The predicted molar refractivity (Wildman–Crippen MR) is 141 cm³/mol. The Kier molecular flexibility index (Phi) is 7.69. The predicted octanol–water partition coefficient (Wildman–Crippen LogP) is 4.82. The van der Waals surface area contributed by atoms with E-state index in [1.807, 2.05) is 43.5 Å². The van der Waals surface area contributed by atoms with Gasteiger partial charge in [-0.1, -0.05) is 6.07 Å². The van der Waals surface area contributed by atoms with Gasteiger partial charge in [-0.25, -0.2) is 15.0 Å². The highest BCUT2D eigenvalue weighted by atomic mass is 32.1. The van der Waals surface area contributed by atoms with Gasteiger partial charge in [0.1, 0.15) is 11.6 Å². The molecule has 2 fully saturated rings. The van der Waals surface area contributed by atoms with Gasteiger partial charge in [0.05, 0.1) is 15.6 Å². The van der Waals surface area contributed by atoms with Crippen molar-refractivity contribution in [2.75, 3.05) is 31.5 Å². The minimum atomic E-state index is 0.233. The van der Waals surface area contributed by atoms with Crippen molar-refractivity contribution in [3.63, 3.8) is 0 Å². The maximum absolute atomic E-state index is 12.8. The molecule has 0 aromatic carbocycles. The van der Waals surface area contributed by atoms with Gasteiger partial charge in [0, 0.05) is 31.4 Å². The zero-order valence-electron chi connectivity index (χ0n) is 20.4. The number of nitrogens with zero attached hydrogens (tertiary/aromatic N) is 4. The van der Waals surface area contributed by atoms with E-state index in [4.69, 9.17) is 4.98 Å². The van der Waals surface area contributed by atoms with E-state index in [-0.39, 0.29) is 5.92 Å². The zero-order chi connectivity index (χ0) is 24.0. The summed E-state index contributed by atoms with van der Waals surface area (Å²) in [5.41, 5.74) is 2.08. The summed E-state index contributed by atoms with van der Waals surface area (Å²) >= 11 is 1.73. The summed E-state index contributed by atoms with van der Waals surface area (Å²) < 4.78 is 0. The van der Waals surface area contributed by atoms with Crippen LogP contribution >= 0.6 is 11.3 Å². The first-order chi connectivity index (χ1) is 17.1. The highest BCUT2D eigenvalue weighted by Crippen LogP contribution is 2.29. The Morgan fingerprint density at radius 1 is 1.11 bits per heavy atom. The molecule has 2 aliphatic heterocycles. The van der Waals surface area contributed by atoms with Crippen molar-refractivity contribution in [1.29, 1.82) is 0 Å². The van der Waals surface area contributed by atoms with Crippen LogP contribution in [-0.2, 0) is 11.2 Å². The second kappa shape index (κ2) is 11.3. The van der Waals surface area contributed by atoms with E-state index in [9.17, 15) is 4.79 Å². The van der Waals surface area contributed by atoms with Crippen LogP contribution in [-0.4, -0.2) is 51.9 Å². The van der Waals surface area contributed by atoms with E-state index in [2.05, 4.69) is 25.5 Å². The molecule has 5 rings (SSSR count). The molecule has 3 aromatic rings. The Morgan fingerprint density at radius 2 is 1.94 bits per heavy atom. The van der Waals surface area contributed by atoms with Gasteiger partial charge >= 0.3 is 0 Å². The van der Waals surface area contributed by atoms with Gasteiger partial charge in [0.25, 0.3) is 0 Å². The van der Waals surface area contributed by atoms with E-state index >= 15 is 0 Å². The molecule has 0 aliphatic carbocycles. The van der Waals surface area contributed by atoms with Gasteiger partial charge in [-0.15, -0.1) is 11.3 Å². The second-order valence-electron chi connectivity index (χ2n) is 9.70. The third kappa shape index (κ3) is 6.24. The molecule has 0 unspecified atom stereocenters. The normalized spacial score (nSPS) is 17.5. The van der Waals surface area contributed by atoms with Crippen molar-refractivity contribution in [1.82, 2.24) is 25.2 Å². The fourth-order valence-corrected chi connectivity index (χ4v) is 5.92. The van der Waals surface area contributed by atoms with Crippen LogP contribution in [0.25, 0.3) is 10.6 Å². The Bertz CT molecular complexity index is 1130. The standard InChI is InChI=1S/C27H34N6OS/c1-19-7-14-29-25(17-19)32-24-4-2-3-22(31-24)23-18-30-26(35-23)6-5-20-10-15-33(16-11-20)27(34)21-8-12-28-13-9-21/h2-4,7,14,17-18,20-21,28H,5-6,8-13,15-16H2,1H3,(H,29,31,32). The van der Waals surface area contributed by atoms with E-state index < -0.39 is 0 Å². The zero-order valence-corrected chi connectivity index (χ0v) is 21.2. The molecule has 0 atom stereocenters. The van der Waals surface area contributed by atoms with E-state index in [0.29, 0.717) is 11.8 Å². The van der Waals surface area contributed by atoms with Gasteiger partial charge in [0.15, 0.2) is 0 Å². The maximum atomic E-state index is 12.8. The number of pyridine rings is 2. The molecular formula is C27H34N6OS. The van der Waals surface area contributed by atoms with Gasteiger partial charge in [-0.3, -0.25) is 4.79 Å². The number of anilines is 2. The molecule has 0 spiro atoms. The number of carbonyl (C=O) groups is 1. The van der Waals surface area contributed by atoms with Crippen LogP contribution in [0.15, 0.2) is 42.7 Å². The number of piperidine rings is 2. The fraction of sp³-hybridized carbons (Fsp3) is 0.481. The molecule has 5 heterocycles. The number of aromatic nitrogens is 3. The van der Waals surface area contributed by atoms with Crippen LogP contribution in [0.3, 0.4) is 0 Å². The molecule has 2 aliphatic rings. The quantitative estimate of drug-likeness (QED) is 0.494. The third-order valence-electron chi connectivity index (χ3n) is 7.11. The molecule has 2 N–H and O–H groups in total. The Balaban J connectivity index is 1.12. The topological polar surface area (TPSA) is 83.0 Å². The number of amides is 1. The molecule has 1 amide bonds. The Labute approximate surface area is 211 Å². The minimum Gasteiger partial charge on any atom is -0.342 e. The monoisotopic (exact) mass is 490 g/mol. The Hall–Kier alpha value is -2.84. The van der Waals surface area contributed by atoms with E-state index in [1.54, 1.807) is 17.5 Å². The van der Waals surface area contributed by atoms with Crippen LogP contribution in [0.5, 0.6) is 0 Å². The number of thiazole rings is 1. The van der Waals surface area contributed by atoms with Crippen LogP contribution < -0.4 is 10.6 Å². The molecule has 7 nitrogen and oxygen atoms in total. The third-order valence-corrected chi connectivity index (χ3v) is 8.19. The van der Waals surface area contributed by atoms with Crippen LogP contribution in [0.1, 0.15) is 42.7 Å². The summed E-state index contributed by atoms with van der Waals surface area (Å²) in [4.78, 5) is 29.8. The molecule has 3 aromatic heterocycles. The highest BCUT2D eigenvalue weighted by Gasteiger charge is 2.29. The lowest BCUT2D eigenvalue weighted by molar-refractivity contribution is -0.137. The lowest BCUT2D eigenvalue weighted by Crippen LogP contribution is -2.44. The lowest BCUT2D eigenvalue weighted by Gasteiger charge is -2.35. The number of likely N-dealkylation sites (tertiary alicyclic amines) is 1. The summed E-state index contributed by atoms with van der Waals surface area (Å²) in [6.07, 6.45) is 10.1. The van der Waals surface area contributed by atoms with Crippen molar-refractivity contribution < 1.29 is 4.79 Å². The molecule has 2 saturated heterocycles. The number of carbonyl (C=O) groups excluding carboxylic acids is 1.